The first-order chi connectivity index (χ1) is 8.18. The Labute approximate surface area is 111 Å². The Morgan fingerprint density at radius 2 is 1.29 bits per heavy atom. The van der Waals surface area contributed by atoms with E-state index in [1.54, 1.807) is 0 Å². The van der Waals surface area contributed by atoms with Gasteiger partial charge in [0.15, 0.2) is 0 Å². The Hall–Kier alpha value is -1.34. The molecule has 0 amide bonds. The lowest BCUT2D eigenvalue weighted by molar-refractivity contribution is 1.37. The number of allylic oxidation sites excluding steroid dienone is 1. The minimum Gasteiger partial charge on any atom is -0.0680 e. The second-order valence-electron chi connectivity index (χ2n) is 4.25. The van der Waals surface area contributed by atoms with Crippen LogP contribution in [0.15, 0.2) is 64.6 Å². The molecule has 1 heteroatoms. The van der Waals surface area contributed by atoms with Crippen LogP contribution in [0.2, 0.25) is 0 Å². The molecule has 0 fully saturated rings. The number of rotatable bonds is 2. The zero-order chi connectivity index (χ0) is 12.3. The summed E-state index contributed by atoms with van der Waals surface area (Å²) in [6.07, 6.45) is 0. The highest BCUT2D eigenvalue weighted by Gasteiger charge is 2.05. The predicted molar refractivity (Wildman–Crippen MR) is 78.0 cm³/mol. The van der Waals surface area contributed by atoms with Crippen LogP contribution in [0.1, 0.15) is 25.0 Å². The van der Waals surface area contributed by atoms with Crippen molar-refractivity contribution in [3.05, 3.63) is 75.8 Å². The average Bonchev–Trinajstić information content (AvgIpc) is 2.33. The molecule has 0 heterocycles. The van der Waals surface area contributed by atoms with E-state index in [1.165, 1.54) is 22.3 Å². The standard InChI is InChI=1S/C16H15Br/c1-12(2)16(13-6-4-3-5-7-13)14-8-10-15(17)11-9-14/h3-11H,1-2H3. The molecule has 0 radical (unpaired) electrons. The van der Waals surface area contributed by atoms with E-state index in [4.69, 9.17) is 0 Å². The molecule has 0 saturated carbocycles. The number of hydrogen-bond acceptors (Lipinski definition) is 0. The van der Waals surface area contributed by atoms with Crippen LogP contribution in [0.4, 0.5) is 0 Å². The summed E-state index contributed by atoms with van der Waals surface area (Å²) in [5, 5.41) is 0. The summed E-state index contributed by atoms with van der Waals surface area (Å²) >= 11 is 3.47. The Morgan fingerprint density at radius 3 is 1.82 bits per heavy atom. The number of hydrogen-bond donors (Lipinski definition) is 0. The monoisotopic (exact) mass is 286 g/mol. The van der Waals surface area contributed by atoms with Crippen molar-refractivity contribution in [2.75, 3.05) is 0 Å². The Balaban J connectivity index is 2.52. The van der Waals surface area contributed by atoms with Crippen LogP contribution in [-0.4, -0.2) is 0 Å². The maximum Gasteiger partial charge on any atom is 0.0175 e. The lowest BCUT2D eigenvalue weighted by atomic mass is 9.94. The number of halogens is 1. The summed E-state index contributed by atoms with van der Waals surface area (Å²) in [4.78, 5) is 0. The molecule has 0 aliphatic rings. The third kappa shape index (κ3) is 2.86. The van der Waals surface area contributed by atoms with E-state index in [0.717, 1.165) is 4.47 Å². The molecule has 86 valence electrons. The maximum absolute atomic E-state index is 3.47. The van der Waals surface area contributed by atoms with E-state index in [0.29, 0.717) is 0 Å². The topological polar surface area (TPSA) is 0 Å². The van der Waals surface area contributed by atoms with Gasteiger partial charge in [-0.25, -0.2) is 0 Å². The molecule has 0 N–H and O–H groups in total. The quantitative estimate of drug-likeness (QED) is 0.704. The molecule has 0 aliphatic heterocycles. The zero-order valence-electron chi connectivity index (χ0n) is 10.1. The van der Waals surface area contributed by atoms with E-state index in [1.807, 2.05) is 6.07 Å². The van der Waals surface area contributed by atoms with E-state index < -0.39 is 0 Å². The SMILES string of the molecule is CC(C)=C(c1ccccc1)c1ccc(Br)cc1. The van der Waals surface area contributed by atoms with Crippen molar-refractivity contribution in [2.45, 2.75) is 13.8 Å². The molecule has 0 unspecified atom stereocenters. The van der Waals surface area contributed by atoms with Crippen molar-refractivity contribution in [3.8, 4) is 0 Å². The molecular formula is C16H15Br. The smallest absolute Gasteiger partial charge is 0.0175 e. The Morgan fingerprint density at radius 1 is 0.765 bits per heavy atom. The van der Waals surface area contributed by atoms with Crippen molar-refractivity contribution in [1.29, 1.82) is 0 Å². The summed E-state index contributed by atoms with van der Waals surface area (Å²) in [6, 6.07) is 19.0. The van der Waals surface area contributed by atoms with Crippen LogP contribution in [0.5, 0.6) is 0 Å². The fourth-order valence-corrected chi connectivity index (χ4v) is 2.23. The third-order valence-electron chi connectivity index (χ3n) is 2.70. The summed E-state index contributed by atoms with van der Waals surface area (Å²) in [5.74, 6) is 0. The molecule has 0 saturated heterocycles. The van der Waals surface area contributed by atoms with Gasteiger partial charge in [-0.1, -0.05) is 64.0 Å². The molecule has 2 aromatic rings. The van der Waals surface area contributed by atoms with Crippen molar-refractivity contribution >= 4 is 21.5 Å². The van der Waals surface area contributed by atoms with Gasteiger partial charge in [0.1, 0.15) is 0 Å². The molecule has 0 aromatic heterocycles. The van der Waals surface area contributed by atoms with Crippen LogP contribution >= 0.6 is 15.9 Å². The first-order valence-corrected chi connectivity index (χ1v) is 6.46. The molecule has 0 bridgehead atoms. The van der Waals surface area contributed by atoms with Gasteiger partial charge in [-0.05, 0) is 42.7 Å². The van der Waals surface area contributed by atoms with Crippen LogP contribution in [-0.2, 0) is 0 Å². The minimum absolute atomic E-state index is 1.11. The molecular weight excluding hydrogens is 272 g/mol. The molecule has 0 aliphatic carbocycles. The van der Waals surface area contributed by atoms with Gasteiger partial charge in [0, 0.05) is 4.47 Å². The second kappa shape index (κ2) is 5.33. The van der Waals surface area contributed by atoms with Gasteiger partial charge in [0.05, 0.1) is 0 Å². The maximum atomic E-state index is 3.47. The van der Waals surface area contributed by atoms with Gasteiger partial charge in [-0.15, -0.1) is 0 Å². The molecule has 2 aromatic carbocycles. The Bertz CT molecular complexity index is 517. The van der Waals surface area contributed by atoms with E-state index in [-0.39, 0.29) is 0 Å². The van der Waals surface area contributed by atoms with Crippen LogP contribution in [0.25, 0.3) is 5.57 Å². The fourth-order valence-electron chi connectivity index (χ4n) is 1.97. The largest absolute Gasteiger partial charge is 0.0680 e. The van der Waals surface area contributed by atoms with Gasteiger partial charge >= 0.3 is 0 Å². The van der Waals surface area contributed by atoms with Crippen LogP contribution in [0, 0.1) is 0 Å². The normalized spacial score (nSPS) is 10.1. The number of benzene rings is 2. The summed E-state index contributed by atoms with van der Waals surface area (Å²) in [5.41, 5.74) is 5.19. The lowest BCUT2D eigenvalue weighted by Gasteiger charge is -2.11. The van der Waals surface area contributed by atoms with E-state index in [9.17, 15) is 0 Å². The van der Waals surface area contributed by atoms with Gasteiger partial charge in [0.2, 0.25) is 0 Å². The third-order valence-corrected chi connectivity index (χ3v) is 3.22. The van der Waals surface area contributed by atoms with Gasteiger partial charge < -0.3 is 0 Å². The van der Waals surface area contributed by atoms with Crippen molar-refractivity contribution in [3.63, 3.8) is 0 Å². The summed E-state index contributed by atoms with van der Waals surface area (Å²) in [6.45, 7) is 4.31. The van der Waals surface area contributed by atoms with Crippen molar-refractivity contribution in [2.24, 2.45) is 0 Å². The first-order valence-electron chi connectivity index (χ1n) is 5.67. The van der Waals surface area contributed by atoms with Crippen molar-refractivity contribution < 1.29 is 0 Å². The molecule has 0 spiro atoms. The zero-order valence-corrected chi connectivity index (χ0v) is 11.7. The van der Waals surface area contributed by atoms with E-state index in [2.05, 4.69) is 78.3 Å². The highest BCUT2D eigenvalue weighted by Crippen LogP contribution is 2.27. The highest BCUT2D eigenvalue weighted by molar-refractivity contribution is 9.10. The fraction of sp³-hybridized carbons (Fsp3) is 0.125. The van der Waals surface area contributed by atoms with Crippen LogP contribution in [0.3, 0.4) is 0 Å². The minimum atomic E-state index is 1.11. The van der Waals surface area contributed by atoms with Crippen molar-refractivity contribution in [1.82, 2.24) is 0 Å². The Kier molecular flexibility index (Phi) is 3.80. The van der Waals surface area contributed by atoms with Crippen LogP contribution < -0.4 is 0 Å². The lowest BCUT2D eigenvalue weighted by Crippen LogP contribution is -1.90. The average molecular weight is 287 g/mol. The molecule has 2 rings (SSSR count). The molecule has 17 heavy (non-hydrogen) atoms. The van der Waals surface area contributed by atoms with Gasteiger partial charge in [-0.3, -0.25) is 0 Å². The molecule has 0 atom stereocenters. The summed E-state index contributed by atoms with van der Waals surface area (Å²) < 4.78 is 1.11. The summed E-state index contributed by atoms with van der Waals surface area (Å²) in [7, 11) is 0. The van der Waals surface area contributed by atoms with E-state index >= 15 is 0 Å². The first kappa shape index (κ1) is 12.1. The second-order valence-corrected chi connectivity index (χ2v) is 5.16. The molecule has 0 nitrogen and oxygen atoms in total. The highest BCUT2D eigenvalue weighted by atomic mass is 79.9. The predicted octanol–water partition coefficient (Wildman–Crippen LogP) is 5.29. The van der Waals surface area contributed by atoms with Gasteiger partial charge in [-0.2, -0.15) is 0 Å². The van der Waals surface area contributed by atoms with Gasteiger partial charge in [0.25, 0.3) is 0 Å².